The number of sulfonamides is 1. The van der Waals surface area contributed by atoms with Gasteiger partial charge in [-0.25, -0.2) is 13.1 Å². The molecule has 5 nitrogen and oxygen atoms in total. The number of phenols is 1. The van der Waals surface area contributed by atoms with Crippen LogP contribution in [0.5, 0.6) is 5.75 Å². The van der Waals surface area contributed by atoms with E-state index in [1.807, 2.05) is 0 Å². The Morgan fingerprint density at radius 2 is 2.05 bits per heavy atom. The maximum absolute atomic E-state index is 12.0. The first-order valence-electron chi connectivity index (χ1n) is 7.01. The second kappa shape index (κ2) is 7.06. The molecule has 0 amide bonds. The number of aromatic hydroxyl groups is 1. The molecular weight excluding hydrogens is 276 g/mol. The van der Waals surface area contributed by atoms with Crippen LogP contribution in [0.25, 0.3) is 0 Å². The average Bonchev–Trinajstić information content (AvgIpc) is 2.41. The van der Waals surface area contributed by atoms with Crippen molar-refractivity contribution in [2.45, 2.75) is 19.3 Å². The van der Waals surface area contributed by atoms with Crippen molar-refractivity contribution in [2.75, 3.05) is 25.4 Å². The van der Waals surface area contributed by atoms with Gasteiger partial charge in [0.15, 0.2) is 0 Å². The second-order valence-corrected chi connectivity index (χ2v) is 7.16. The fourth-order valence-corrected chi connectivity index (χ4v) is 3.88. The first-order valence-corrected chi connectivity index (χ1v) is 8.66. The smallest absolute Gasteiger partial charge is 0.211 e. The summed E-state index contributed by atoms with van der Waals surface area (Å²) in [5, 5.41) is 12.4. The van der Waals surface area contributed by atoms with Crippen LogP contribution in [0, 0.1) is 5.92 Å². The summed E-state index contributed by atoms with van der Waals surface area (Å²) in [6.07, 6.45) is 2.65. The molecule has 0 bridgehead atoms. The van der Waals surface area contributed by atoms with Crippen molar-refractivity contribution in [3.63, 3.8) is 0 Å². The zero-order valence-electron chi connectivity index (χ0n) is 11.5. The predicted molar refractivity (Wildman–Crippen MR) is 79.2 cm³/mol. The molecule has 1 saturated heterocycles. The van der Waals surface area contributed by atoms with Crippen molar-refractivity contribution in [3.05, 3.63) is 29.8 Å². The van der Waals surface area contributed by atoms with Crippen molar-refractivity contribution >= 4 is 10.0 Å². The Morgan fingerprint density at radius 3 is 2.70 bits per heavy atom. The fraction of sp³-hybridized carbons (Fsp3) is 0.571. The van der Waals surface area contributed by atoms with Crippen molar-refractivity contribution in [1.29, 1.82) is 0 Å². The molecule has 0 radical (unpaired) electrons. The Morgan fingerprint density at radius 1 is 1.30 bits per heavy atom. The van der Waals surface area contributed by atoms with E-state index >= 15 is 0 Å². The molecule has 0 spiro atoms. The SMILES string of the molecule is O=S(=O)(CC1CCCNC1)NCCc1ccc(O)cc1. The number of piperidine rings is 1. The third-order valence-corrected chi connectivity index (χ3v) is 5.08. The molecule has 6 heteroatoms. The lowest BCUT2D eigenvalue weighted by Crippen LogP contribution is -2.38. The molecule has 1 aliphatic heterocycles. The second-order valence-electron chi connectivity index (χ2n) is 5.30. The van der Waals surface area contributed by atoms with Crippen LogP contribution in [0.1, 0.15) is 18.4 Å². The summed E-state index contributed by atoms with van der Waals surface area (Å²) in [5.41, 5.74) is 1.00. The molecule has 0 aliphatic carbocycles. The lowest BCUT2D eigenvalue weighted by atomic mass is 10.0. The van der Waals surface area contributed by atoms with Gasteiger partial charge in [0.2, 0.25) is 10.0 Å². The van der Waals surface area contributed by atoms with E-state index in [1.165, 1.54) is 0 Å². The summed E-state index contributed by atoms with van der Waals surface area (Å²) in [4.78, 5) is 0. The van der Waals surface area contributed by atoms with E-state index in [0.717, 1.165) is 31.5 Å². The zero-order valence-corrected chi connectivity index (χ0v) is 12.3. The average molecular weight is 298 g/mol. The highest BCUT2D eigenvalue weighted by Crippen LogP contribution is 2.12. The first-order chi connectivity index (χ1) is 9.55. The van der Waals surface area contributed by atoms with Gasteiger partial charge in [0.25, 0.3) is 0 Å². The van der Waals surface area contributed by atoms with Crippen LogP contribution in [-0.2, 0) is 16.4 Å². The highest BCUT2D eigenvalue weighted by molar-refractivity contribution is 7.89. The molecule has 0 saturated carbocycles. The molecule has 112 valence electrons. The van der Waals surface area contributed by atoms with Crippen LogP contribution in [0.4, 0.5) is 0 Å². The molecule has 1 unspecified atom stereocenters. The van der Waals surface area contributed by atoms with Crippen LogP contribution in [-0.4, -0.2) is 38.9 Å². The Bertz CT molecular complexity index is 508. The highest BCUT2D eigenvalue weighted by Gasteiger charge is 2.20. The topological polar surface area (TPSA) is 78.4 Å². The van der Waals surface area contributed by atoms with Gasteiger partial charge < -0.3 is 10.4 Å². The highest BCUT2D eigenvalue weighted by atomic mass is 32.2. The van der Waals surface area contributed by atoms with Gasteiger partial charge in [-0.1, -0.05) is 12.1 Å². The number of nitrogens with one attached hydrogen (secondary N) is 2. The van der Waals surface area contributed by atoms with Crippen molar-refractivity contribution < 1.29 is 13.5 Å². The lowest BCUT2D eigenvalue weighted by molar-refractivity contribution is 0.403. The quantitative estimate of drug-likeness (QED) is 0.728. The molecule has 1 aromatic carbocycles. The van der Waals surface area contributed by atoms with E-state index in [-0.39, 0.29) is 17.4 Å². The minimum atomic E-state index is -3.20. The maximum Gasteiger partial charge on any atom is 0.211 e. The van der Waals surface area contributed by atoms with E-state index < -0.39 is 10.0 Å². The zero-order chi connectivity index (χ0) is 14.4. The molecule has 1 heterocycles. The third-order valence-electron chi connectivity index (χ3n) is 3.53. The Labute approximate surface area is 120 Å². The van der Waals surface area contributed by atoms with Gasteiger partial charge in [0.05, 0.1) is 5.75 Å². The van der Waals surface area contributed by atoms with E-state index in [9.17, 15) is 13.5 Å². The van der Waals surface area contributed by atoms with E-state index in [1.54, 1.807) is 24.3 Å². The molecule has 20 heavy (non-hydrogen) atoms. The van der Waals surface area contributed by atoms with Crippen molar-refractivity contribution in [2.24, 2.45) is 5.92 Å². The standard InChI is InChI=1S/C14H22N2O3S/c17-14-5-3-12(4-6-14)7-9-16-20(18,19)11-13-2-1-8-15-10-13/h3-6,13,15-17H,1-2,7-11H2. The molecule has 2 rings (SSSR count). The summed E-state index contributed by atoms with van der Waals surface area (Å²) < 4.78 is 26.6. The molecule has 0 aromatic heterocycles. The van der Waals surface area contributed by atoms with Gasteiger partial charge in [-0.05, 0) is 56.0 Å². The van der Waals surface area contributed by atoms with Crippen LogP contribution in [0.15, 0.2) is 24.3 Å². The molecule has 1 aromatic rings. The van der Waals surface area contributed by atoms with Gasteiger partial charge in [-0.2, -0.15) is 0 Å². The minimum absolute atomic E-state index is 0.204. The van der Waals surface area contributed by atoms with Gasteiger partial charge in [-0.15, -0.1) is 0 Å². The monoisotopic (exact) mass is 298 g/mol. The lowest BCUT2D eigenvalue weighted by Gasteiger charge is -2.22. The fourth-order valence-electron chi connectivity index (χ4n) is 2.45. The van der Waals surface area contributed by atoms with E-state index in [2.05, 4.69) is 10.0 Å². The third kappa shape index (κ3) is 5.11. The maximum atomic E-state index is 12.0. The van der Waals surface area contributed by atoms with E-state index in [4.69, 9.17) is 0 Å². The van der Waals surface area contributed by atoms with Gasteiger partial charge in [-0.3, -0.25) is 0 Å². The molecule has 1 fully saturated rings. The summed E-state index contributed by atoms with van der Waals surface area (Å²) in [6.45, 7) is 2.18. The number of hydrogen-bond acceptors (Lipinski definition) is 4. The predicted octanol–water partition coefficient (Wildman–Crippen LogP) is 0.854. The van der Waals surface area contributed by atoms with Crippen LogP contribution in [0.3, 0.4) is 0 Å². The summed E-state index contributed by atoms with van der Waals surface area (Å²) in [7, 11) is -3.20. The summed E-state index contributed by atoms with van der Waals surface area (Å²) in [5.74, 6) is 0.643. The number of hydrogen-bond donors (Lipinski definition) is 3. The molecular formula is C14H22N2O3S. The van der Waals surface area contributed by atoms with Gasteiger partial charge in [0, 0.05) is 6.54 Å². The Kier molecular flexibility index (Phi) is 5.39. The first kappa shape index (κ1) is 15.3. The number of benzene rings is 1. The van der Waals surface area contributed by atoms with Crippen LogP contribution in [0.2, 0.25) is 0 Å². The van der Waals surface area contributed by atoms with Crippen molar-refractivity contribution in [1.82, 2.24) is 10.0 Å². The molecule has 1 aliphatic rings. The minimum Gasteiger partial charge on any atom is -0.508 e. The number of phenolic OH excluding ortho intramolecular Hbond substituents is 1. The van der Waals surface area contributed by atoms with Crippen LogP contribution >= 0.6 is 0 Å². The Balaban J connectivity index is 1.75. The Hall–Kier alpha value is -1.11. The normalized spacial score (nSPS) is 19.9. The largest absolute Gasteiger partial charge is 0.508 e. The molecule has 1 atom stereocenters. The molecule has 3 N–H and O–H groups in total. The number of rotatable bonds is 6. The van der Waals surface area contributed by atoms with Gasteiger partial charge >= 0.3 is 0 Å². The van der Waals surface area contributed by atoms with Crippen molar-refractivity contribution in [3.8, 4) is 5.75 Å². The summed E-state index contributed by atoms with van der Waals surface area (Å²) >= 11 is 0. The van der Waals surface area contributed by atoms with Gasteiger partial charge in [0.1, 0.15) is 5.75 Å². The van der Waals surface area contributed by atoms with E-state index in [0.29, 0.717) is 13.0 Å². The van der Waals surface area contributed by atoms with Crippen LogP contribution < -0.4 is 10.0 Å². The summed E-state index contributed by atoms with van der Waals surface area (Å²) in [6, 6.07) is 6.82.